The Morgan fingerprint density at radius 2 is 2.00 bits per heavy atom. The fourth-order valence-electron chi connectivity index (χ4n) is 2.80. The average molecular weight is 401 g/mol. The molecule has 24 heavy (non-hydrogen) atoms. The van der Waals surface area contributed by atoms with Crippen molar-refractivity contribution in [3.05, 3.63) is 61.3 Å². The molecular formula is C17H9BrN2O3S. The Hall–Kier alpha value is -2.38. The van der Waals surface area contributed by atoms with Crippen molar-refractivity contribution >= 4 is 49.3 Å². The third-order valence-electron chi connectivity index (χ3n) is 3.92. The van der Waals surface area contributed by atoms with E-state index in [-0.39, 0.29) is 12.4 Å². The number of imidazole rings is 1. The van der Waals surface area contributed by atoms with Crippen molar-refractivity contribution in [1.82, 2.24) is 9.38 Å². The van der Waals surface area contributed by atoms with E-state index in [1.54, 1.807) is 4.40 Å². The first-order valence-electron chi connectivity index (χ1n) is 7.21. The van der Waals surface area contributed by atoms with Crippen molar-refractivity contribution in [1.29, 1.82) is 0 Å². The molecule has 5 nitrogen and oxygen atoms in total. The maximum atomic E-state index is 12.8. The minimum atomic E-state index is -0.0618. The second kappa shape index (κ2) is 5.06. The highest BCUT2D eigenvalue weighted by Crippen LogP contribution is 2.37. The van der Waals surface area contributed by atoms with E-state index in [4.69, 9.17) is 9.47 Å². The monoisotopic (exact) mass is 400 g/mol. The Balaban J connectivity index is 1.76. The van der Waals surface area contributed by atoms with Crippen LogP contribution in [0.2, 0.25) is 0 Å². The highest BCUT2D eigenvalue weighted by molar-refractivity contribution is 9.10. The maximum Gasteiger partial charge on any atom is 0.274 e. The Bertz CT molecular complexity index is 1230. The van der Waals surface area contributed by atoms with Crippen molar-refractivity contribution in [2.45, 2.75) is 0 Å². The molecule has 0 fully saturated rings. The van der Waals surface area contributed by atoms with Gasteiger partial charge in [-0.2, -0.15) is 0 Å². The van der Waals surface area contributed by atoms with Gasteiger partial charge in [0.05, 0.1) is 15.6 Å². The van der Waals surface area contributed by atoms with Crippen molar-refractivity contribution in [3.8, 4) is 11.5 Å². The molecule has 1 aliphatic rings. The number of halogens is 1. The maximum absolute atomic E-state index is 12.8. The molecule has 5 rings (SSSR count). The first-order chi connectivity index (χ1) is 11.7. The van der Waals surface area contributed by atoms with E-state index in [1.165, 1.54) is 11.3 Å². The van der Waals surface area contributed by atoms with E-state index >= 15 is 0 Å². The second-order valence-electron chi connectivity index (χ2n) is 5.36. The molecule has 3 heterocycles. The number of aromatic nitrogens is 2. The Labute approximate surface area is 147 Å². The zero-order chi connectivity index (χ0) is 16.3. The van der Waals surface area contributed by atoms with Crippen LogP contribution in [0, 0.1) is 0 Å². The minimum absolute atomic E-state index is 0.0618. The molecule has 0 N–H and O–H groups in total. The molecule has 0 atom stereocenters. The number of hydrogen-bond acceptors (Lipinski definition) is 5. The van der Waals surface area contributed by atoms with E-state index < -0.39 is 0 Å². The van der Waals surface area contributed by atoms with Crippen LogP contribution in [0.4, 0.5) is 0 Å². The van der Waals surface area contributed by atoms with Gasteiger partial charge in [0.2, 0.25) is 6.79 Å². The number of para-hydroxylation sites is 2. The smallest absolute Gasteiger partial charge is 0.274 e. The molecule has 2 aromatic heterocycles. The third-order valence-corrected chi connectivity index (χ3v) is 5.58. The fraction of sp³-hybridized carbons (Fsp3) is 0.0588. The molecular weight excluding hydrogens is 392 g/mol. The van der Waals surface area contributed by atoms with Crippen LogP contribution in [-0.4, -0.2) is 16.2 Å². The van der Waals surface area contributed by atoms with E-state index in [2.05, 4.69) is 20.9 Å². The van der Waals surface area contributed by atoms with Crippen molar-refractivity contribution < 1.29 is 9.47 Å². The van der Waals surface area contributed by atoms with Crippen molar-refractivity contribution in [3.63, 3.8) is 0 Å². The van der Waals surface area contributed by atoms with Gasteiger partial charge in [-0.1, -0.05) is 39.4 Å². The average Bonchev–Trinajstić information content (AvgIpc) is 3.23. The highest BCUT2D eigenvalue weighted by Gasteiger charge is 2.16. The predicted molar refractivity (Wildman–Crippen MR) is 95.9 cm³/mol. The summed E-state index contributed by atoms with van der Waals surface area (Å²) in [5.41, 5.74) is 2.47. The minimum Gasteiger partial charge on any atom is -0.454 e. The molecule has 0 saturated heterocycles. The summed E-state index contributed by atoms with van der Waals surface area (Å²) in [5.74, 6) is 1.39. The molecule has 0 saturated carbocycles. The van der Waals surface area contributed by atoms with Gasteiger partial charge in [-0.3, -0.25) is 4.79 Å². The molecule has 2 aromatic carbocycles. The van der Waals surface area contributed by atoms with Gasteiger partial charge in [0.1, 0.15) is 0 Å². The summed E-state index contributed by atoms with van der Waals surface area (Å²) in [4.78, 5) is 18.0. The van der Waals surface area contributed by atoms with Gasteiger partial charge >= 0.3 is 0 Å². The van der Waals surface area contributed by atoms with E-state index in [0.29, 0.717) is 21.0 Å². The van der Waals surface area contributed by atoms with Crippen LogP contribution in [0.1, 0.15) is 5.56 Å². The molecule has 0 unspecified atom stereocenters. The largest absolute Gasteiger partial charge is 0.454 e. The SMILES string of the molecule is O=c1/c(=C\c2cc3c(cc2Br)OCO3)sc2nc3ccccc3n12. The van der Waals surface area contributed by atoms with Crippen LogP contribution in [0.5, 0.6) is 11.5 Å². The zero-order valence-electron chi connectivity index (χ0n) is 12.2. The number of thiazole rings is 1. The lowest BCUT2D eigenvalue weighted by molar-refractivity contribution is 0.174. The molecule has 7 heteroatoms. The standard InChI is InChI=1S/C17H9BrN2O3S/c18-10-7-14-13(22-8-23-14)5-9(10)6-15-16(21)20-12-4-2-1-3-11(12)19-17(20)24-15/h1-7H,8H2/b15-6+. The van der Waals surface area contributed by atoms with Crippen LogP contribution < -0.4 is 19.6 Å². The molecule has 0 radical (unpaired) electrons. The number of hydrogen-bond donors (Lipinski definition) is 0. The summed E-state index contributed by atoms with van der Waals surface area (Å²) >= 11 is 4.90. The summed E-state index contributed by atoms with van der Waals surface area (Å²) in [6.45, 7) is 0.219. The summed E-state index contributed by atoms with van der Waals surface area (Å²) in [6.07, 6.45) is 1.85. The first-order valence-corrected chi connectivity index (χ1v) is 8.82. The Morgan fingerprint density at radius 1 is 1.21 bits per heavy atom. The summed E-state index contributed by atoms with van der Waals surface area (Å²) < 4.78 is 13.9. The summed E-state index contributed by atoms with van der Waals surface area (Å²) in [6, 6.07) is 11.4. The van der Waals surface area contributed by atoms with Gasteiger partial charge in [-0.05, 0) is 35.9 Å². The number of benzene rings is 2. The van der Waals surface area contributed by atoms with E-state index in [9.17, 15) is 4.79 Å². The van der Waals surface area contributed by atoms with Crippen LogP contribution in [0.25, 0.3) is 22.1 Å². The van der Waals surface area contributed by atoms with Crippen LogP contribution >= 0.6 is 27.3 Å². The van der Waals surface area contributed by atoms with Crippen molar-refractivity contribution in [2.24, 2.45) is 0 Å². The van der Waals surface area contributed by atoms with Gasteiger partial charge in [0, 0.05) is 4.47 Å². The van der Waals surface area contributed by atoms with E-state index in [0.717, 1.165) is 21.1 Å². The van der Waals surface area contributed by atoms with Gasteiger partial charge in [0.25, 0.3) is 5.56 Å². The van der Waals surface area contributed by atoms with Crippen LogP contribution in [0.15, 0.2) is 45.7 Å². The Morgan fingerprint density at radius 3 is 2.88 bits per heavy atom. The molecule has 0 aliphatic carbocycles. The fourth-order valence-corrected chi connectivity index (χ4v) is 4.21. The molecule has 1 aliphatic heterocycles. The number of fused-ring (bicyclic) bond motifs is 4. The number of ether oxygens (including phenoxy) is 2. The second-order valence-corrected chi connectivity index (χ2v) is 7.22. The lowest BCUT2D eigenvalue weighted by atomic mass is 10.2. The van der Waals surface area contributed by atoms with Crippen molar-refractivity contribution in [2.75, 3.05) is 6.79 Å². The summed E-state index contributed by atoms with van der Waals surface area (Å²) in [5, 5.41) is 0. The molecule has 0 amide bonds. The molecule has 0 spiro atoms. The summed E-state index contributed by atoms with van der Waals surface area (Å²) in [7, 11) is 0. The zero-order valence-corrected chi connectivity index (χ0v) is 14.6. The number of rotatable bonds is 1. The lowest BCUT2D eigenvalue weighted by Crippen LogP contribution is -2.22. The lowest BCUT2D eigenvalue weighted by Gasteiger charge is -2.00. The van der Waals surface area contributed by atoms with Gasteiger partial charge in [-0.25, -0.2) is 9.38 Å². The molecule has 0 bridgehead atoms. The van der Waals surface area contributed by atoms with Gasteiger partial charge in [0.15, 0.2) is 16.5 Å². The third kappa shape index (κ3) is 1.98. The molecule has 4 aromatic rings. The highest BCUT2D eigenvalue weighted by atomic mass is 79.9. The molecule has 118 valence electrons. The van der Waals surface area contributed by atoms with Gasteiger partial charge < -0.3 is 9.47 Å². The van der Waals surface area contributed by atoms with E-state index in [1.807, 2.05) is 42.5 Å². The van der Waals surface area contributed by atoms with Crippen LogP contribution in [0.3, 0.4) is 0 Å². The quantitative estimate of drug-likeness (QED) is 0.492. The first kappa shape index (κ1) is 14.0. The van der Waals surface area contributed by atoms with Crippen LogP contribution in [-0.2, 0) is 0 Å². The topological polar surface area (TPSA) is 52.8 Å². The van der Waals surface area contributed by atoms with Gasteiger partial charge in [-0.15, -0.1) is 0 Å². The predicted octanol–water partition coefficient (Wildman–Crippen LogP) is 2.95. The Kier molecular flexibility index (Phi) is 2.95. The normalized spacial score (nSPS) is 14.1. The number of nitrogens with zero attached hydrogens (tertiary/aromatic N) is 2.